The SMILES string of the molecule is Cc1ccc(Cl)c(OCC(=O)NCC(=O)NC(C)(C)C)c1. The second-order valence-electron chi connectivity index (χ2n) is 5.80. The Bertz CT molecular complexity index is 524. The molecule has 0 aromatic heterocycles. The van der Waals surface area contributed by atoms with Gasteiger partial charge in [-0.15, -0.1) is 0 Å². The van der Waals surface area contributed by atoms with Crippen LogP contribution < -0.4 is 15.4 Å². The highest BCUT2D eigenvalue weighted by Crippen LogP contribution is 2.24. The second-order valence-corrected chi connectivity index (χ2v) is 6.20. The highest BCUT2D eigenvalue weighted by atomic mass is 35.5. The Balaban J connectivity index is 2.38. The maximum Gasteiger partial charge on any atom is 0.258 e. The summed E-state index contributed by atoms with van der Waals surface area (Å²) in [4.78, 5) is 23.2. The monoisotopic (exact) mass is 312 g/mol. The van der Waals surface area contributed by atoms with Gasteiger partial charge in [0.2, 0.25) is 5.91 Å². The van der Waals surface area contributed by atoms with Gasteiger partial charge in [0.05, 0.1) is 11.6 Å². The maximum absolute atomic E-state index is 11.6. The number of nitrogens with one attached hydrogen (secondary N) is 2. The lowest BCUT2D eigenvalue weighted by molar-refractivity contribution is -0.127. The molecule has 0 aliphatic carbocycles. The zero-order valence-corrected chi connectivity index (χ0v) is 13.5. The third-order valence-electron chi connectivity index (χ3n) is 2.41. The van der Waals surface area contributed by atoms with Crippen molar-refractivity contribution in [2.45, 2.75) is 33.2 Å². The number of hydrogen-bond acceptors (Lipinski definition) is 3. The van der Waals surface area contributed by atoms with Crippen LogP contribution in [-0.4, -0.2) is 30.5 Å². The van der Waals surface area contributed by atoms with Crippen molar-refractivity contribution in [1.29, 1.82) is 0 Å². The first-order valence-corrected chi connectivity index (χ1v) is 7.02. The average Bonchev–Trinajstić information content (AvgIpc) is 2.35. The molecule has 1 aromatic rings. The van der Waals surface area contributed by atoms with Crippen LogP contribution in [0, 0.1) is 6.92 Å². The molecule has 0 saturated carbocycles. The van der Waals surface area contributed by atoms with E-state index in [1.54, 1.807) is 12.1 Å². The summed E-state index contributed by atoms with van der Waals surface area (Å²) in [5.74, 6) is -0.174. The molecule has 21 heavy (non-hydrogen) atoms. The fraction of sp³-hybridized carbons (Fsp3) is 0.467. The van der Waals surface area contributed by atoms with Crippen molar-refractivity contribution in [2.75, 3.05) is 13.2 Å². The van der Waals surface area contributed by atoms with Crippen LogP contribution in [0.4, 0.5) is 0 Å². The molecule has 6 heteroatoms. The largest absolute Gasteiger partial charge is 0.482 e. The summed E-state index contributed by atoms with van der Waals surface area (Å²) >= 11 is 5.96. The number of carbonyl (C=O) groups is 2. The molecule has 0 aliphatic heterocycles. The van der Waals surface area contributed by atoms with Crippen LogP contribution in [0.3, 0.4) is 0 Å². The Morgan fingerprint density at radius 1 is 1.24 bits per heavy atom. The van der Waals surface area contributed by atoms with Crippen LogP contribution in [0.15, 0.2) is 18.2 Å². The lowest BCUT2D eigenvalue weighted by Gasteiger charge is -2.20. The minimum Gasteiger partial charge on any atom is -0.482 e. The third kappa shape index (κ3) is 6.99. The van der Waals surface area contributed by atoms with Crippen molar-refractivity contribution in [3.05, 3.63) is 28.8 Å². The number of halogens is 1. The van der Waals surface area contributed by atoms with Crippen molar-refractivity contribution < 1.29 is 14.3 Å². The van der Waals surface area contributed by atoms with Gasteiger partial charge >= 0.3 is 0 Å². The van der Waals surface area contributed by atoms with Gasteiger partial charge in [-0.1, -0.05) is 17.7 Å². The van der Waals surface area contributed by atoms with Gasteiger partial charge in [0.15, 0.2) is 6.61 Å². The Kier molecular flexibility index (Phi) is 6.03. The molecular formula is C15H21ClN2O3. The molecule has 1 rings (SSSR count). The molecule has 116 valence electrons. The fourth-order valence-corrected chi connectivity index (χ4v) is 1.73. The van der Waals surface area contributed by atoms with Crippen LogP contribution in [0.2, 0.25) is 5.02 Å². The smallest absolute Gasteiger partial charge is 0.258 e. The number of ether oxygens (including phenoxy) is 1. The van der Waals surface area contributed by atoms with E-state index in [1.807, 2.05) is 33.8 Å². The molecule has 0 atom stereocenters. The van der Waals surface area contributed by atoms with Gasteiger partial charge in [0, 0.05) is 5.54 Å². The molecule has 0 bridgehead atoms. The van der Waals surface area contributed by atoms with Crippen LogP contribution in [0.25, 0.3) is 0 Å². The van der Waals surface area contributed by atoms with Gasteiger partial charge < -0.3 is 15.4 Å². The van der Waals surface area contributed by atoms with E-state index in [1.165, 1.54) is 0 Å². The molecule has 0 fully saturated rings. The van der Waals surface area contributed by atoms with E-state index in [-0.39, 0.29) is 30.5 Å². The van der Waals surface area contributed by atoms with E-state index < -0.39 is 0 Å². The minimum atomic E-state index is -0.378. The van der Waals surface area contributed by atoms with Gasteiger partial charge in [-0.25, -0.2) is 0 Å². The molecule has 2 amide bonds. The predicted octanol–water partition coefficient (Wildman–Crippen LogP) is 2.06. The molecule has 5 nitrogen and oxygen atoms in total. The average molecular weight is 313 g/mol. The Morgan fingerprint density at radius 2 is 1.90 bits per heavy atom. The number of benzene rings is 1. The van der Waals surface area contributed by atoms with Crippen molar-refractivity contribution in [3.8, 4) is 5.75 Å². The summed E-state index contributed by atoms with van der Waals surface area (Å²) in [6.45, 7) is 7.24. The molecule has 0 saturated heterocycles. The summed E-state index contributed by atoms with van der Waals surface area (Å²) in [6.07, 6.45) is 0. The van der Waals surface area contributed by atoms with Crippen LogP contribution >= 0.6 is 11.6 Å². The van der Waals surface area contributed by atoms with E-state index in [9.17, 15) is 9.59 Å². The van der Waals surface area contributed by atoms with E-state index in [0.717, 1.165) is 5.56 Å². The van der Waals surface area contributed by atoms with Crippen LogP contribution in [-0.2, 0) is 9.59 Å². The first-order valence-electron chi connectivity index (χ1n) is 6.64. The zero-order valence-electron chi connectivity index (χ0n) is 12.7. The number of aryl methyl sites for hydroxylation is 1. The quantitative estimate of drug-likeness (QED) is 0.874. The van der Waals surface area contributed by atoms with E-state index >= 15 is 0 Å². The highest BCUT2D eigenvalue weighted by Gasteiger charge is 2.14. The summed E-state index contributed by atoms with van der Waals surface area (Å²) in [5.41, 5.74) is 0.660. The first-order chi connectivity index (χ1) is 9.67. The van der Waals surface area contributed by atoms with Crippen molar-refractivity contribution in [3.63, 3.8) is 0 Å². The van der Waals surface area contributed by atoms with Gasteiger partial charge in [-0.2, -0.15) is 0 Å². The Hall–Kier alpha value is -1.75. The van der Waals surface area contributed by atoms with E-state index in [4.69, 9.17) is 16.3 Å². The lowest BCUT2D eigenvalue weighted by atomic mass is 10.1. The van der Waals surface area contributed by atoms with Crippen molar-refractivity contribution >= 4 is 23.4 Å². The molecule has 0 heterocycles. The molecular weight excluding hydrogens is 292 g/mol. The second kappa shape index (κ2) is 7.31. The standard InChI is InChI=1S/C15H21ClN2O3/c1-10-5-6-11(16)12(7-10)21-9-14(20)17-8-13(19)18-15(2,3)4/h5-7H,8-9H2,1-4H3,(H,17,20)(H,18,19). The highest BCUT2D eigenvalue weighted by molar-refractivity contribution is 6.32. The van der Waals surface area contributed by atoms with Crippen LogP contribution in [0.1, 0.15) is 26.3 Å². The normalized spacial score (nSPS) is 10.9. The molecule has 0 spiro atoms. The number of amides is 2. The summed E-state index contributed by atoms with van der Waals surface area (Å²) in [5, 5.41) is 5.68. The molecule has 1 aromatic carbocycles. The van der Waals surface area contributed by atoms with Gasteiger partial charge in [0.1, 0.15) is 5.75 Å². The zero-order chi connectivity index (χ0) is 16.0. The Labute approximate surface area is 130 Å². The van der Waals surface area contributed by atoms with Gasteiger partial charge in [-0.05, 0) is 45.4 Å². The number of rotatable bonds is 5. The van der Waals surface area contributed by atoms with Gasteiger partial charge in [-0.3, -0.25) is 9.59 Å². The topological polar surface area (TPSA) is 67.4 Å². The Morgan fingerprint density at radius 3 is 2.52 bits per heavy atom. The van der Waals surface area contributed by atoms with Crippen LogP contribution in [0.5, 0.6) is 5.75 Å². The first kappa shape index (κ1) is 17.3. The predicted molar refractivity (Wildman–Crippen MR) is 82.6 cm³/mol. The number of hydrogen-bond donors (Lipinski definition) is 2. The fourth-order valence-electron chi connectivity index (χ4n) is 1.56. The minimum absolute atomic E-state index is 0.0823. The summed E-state index contributed by atoms with van der Waals surface area (Å²) < 4.78 is 5.34. The lowest BCUT2D eigenvalue weighted by Crippen LogP contribution is -2.46. The molecule has 0 aliphatic rings. The van der Waals surface area contributed by atoms with Gasteiger partial charge in [0.25, 0.3) is 5.91 Å². The number of carbonyl (C=O) groups excluding carboxylic acids is 2. The summed E-state index contributed by atoms with van der Waals surface area (Å²) in [7, 11) is 0. The molecule has 2 N–H and O–H groups in total. The van der Waals surface area contributed by atoms with E-state index in [0.29, 0.717) is 10.8 Å². The maximum atomic E-state index is 11.6. The summed E-state index contributed by atoms with van der Waals surface area (Å²) in [6, 6.07) is 5.31. The van der Waals surface area contributed by atoms with Crippen molar-refractivity contribution in [1.82, 2.24) is 10.6 Å². The van der Waals surface area contributed by atoms with Crippen molar-refractivity contribution in [2.24, 2.45) is 0 Å². The van der Waals surface area contributed by atoms with E-state index in [2.05, 4.69) is 10.6 Å². The molecule has 0 unspecified atom stereocenters. The third-order valence-corrected chi connectivity index (χ3v) is 2.72. The molecule has 0 radical (unpaired) electrons.